The van der Waals surface area contributed by atoms with E-state index in [2.05, 4.69) is 11.2 Å². The lowest BCUT2D eigenvalue weighted by molar-refractivity contribution is 0.190. The van der Waals surface area contributed by atoms with Crippen molar-refractivity contribution in [2.45, 2.75) is 12.5 Å². The molecule has 0 radical (unpaired) electrons. The first-order valence-electron chi connectivity index (χ1n) is 4.26. The highest BCUT2D eigenvalue weighted by molar-refractivity contribution is 7.99. The zero-order valence-electron chi connectivity index (χ0n) is 7.21. The van der Waals surface area contributed by atoms with Crippen molar-refractivity contribution in [1.82, 2.24) is 5.32 Å². The predicted octanol–water partition coefficient (Wildman–Crippen LogP) is 0.731. The van der Waals surface area contributed by atoms with Crippen molar-refractivity contribution in [3.05, 3.63) is 0 Å². The Bertz CT molecular complexity index is 149. The maximum Gasteiger partial charge on any atom is 0.0620 e. The van der Waals surface area contributed by atoms with Gasteiger partial charge in [0.1, 0.15) is 0 Å². The molecular weight excluding hydrogens is 170 g/mol. The summed E-state index contributed by atoms with van der Waals surface area (Å²) in [6.45, 7) is 2.83. The van der Waals surface area contributed by atoms with E-state index in [9.17, 15) is 0 Å². The Morgan fingerprint density at radius 3 is 3.25 bits per heavy atom. The van der Waals surface area contributed by atoms with Gasteiger partial charge in [0.05, 0.1) is 12.4 Å². The van der Waals surface area contributed by atoms with Gasteiger partial charge < -0.3 is 10.1 Å². The minimum absolute atomic E-state index is 0.580. The lowest BCUT2D eigenvalue weighted by atomic mass is 10.3. The Hall–Kier alpha value is -0.170. The lowest BCUT2D eigenvalue weighted by Gasteiger charge is -2.08. The molecule has 0 aromatic carbocycles. The standard InChI is InChI=1S/C9H15NOS/c1-2-6-12-7-4-10-9-3-5-11-8-9/h1,9-10H,3-8H2. The molecule has 2 nitrogen and oxygen atoms in total. The molecule has 1 aliphatic rings. The fraction of sp³-hybridized carbons (Fsp3) is 0.778. The van der Waals surface area contributed by atoms with Gasteiger partial charge in [-0.05, 0) is 6.42 Å². The van der Waals surface area contributed by atoms with E-state index < -0.39 is 0 Å². The van der Waals surface area contributed by atoms with Crippen LogP contribution in [0.5, 0.6) is 0 Å². The molecule has 68 valence electrons. The molecule has 3 heteroatoms. The molecule has 0 amide bonds. The smallest absolute Gasteiger partial charge is 0.0620 e. The zero-order valence-corrected chi connectivity index (χ0v) is 8.03. The van der Waals surface area contributed by atoms with Gasteiger partial charge in [-0.25, -0.2) is 0 Å². The summed E-state index contributed by atoms with van der Waals surface area (Å²) in [6, 6.07) is 0.580. The van der Waals surface area contributed by atoms with E-state index in [1.54, 1.807) is 11.8 Å². The fourth-order valence-electron chi connectivity index (χ4n) is 1.16. The van der Waals surface area contributed by atoms with Crippen LogP contribution in [-0.2, 0) is 4.74 Å². The van der Waals surface area contributed by atoms with Crippen molar-refractivity contribution in [2.75, 3.05) is 31.3 Å². The number of hydrogen-bond acceptors (Lipinski definition) is 3. The van der Waals surface area contributed by atoms with Crippen molar-refractivity contribution in [3.8, 4) is 12.3 Å². The first kappa shape index (κ1) is 9.91. The number of ether oxygens (including phenoxy) is 1. The van der Waals surface area contributed by atoms with Crippen molar-refractivity contribution < 1.29 is 4.74 Å². The van der Waals surface area contributed by atoms with Crippen LogP contribution in [0.2, 0.25) is 0 Å². The monoisotopic (exact) mass is 185 g/mol. The van der Waals surface area contributed by atoms with Crippen molar-refractivity contribution in [1.29, 1.82) is 0 Å². The predicted molar refractivity (Wildman–Crippen MR) is 53.4 cm³/mol. The van der Waals surface area contributed by atoms with Gasteiger partial charge >= 0.3 is 0 Å². The Labute approximate surface area is 78.4 Å². The van der Waals surface area contributed by atoms with Crippen molar-refractivity contribution in [3.63, 3.8) is 0 Å². The van der Waals surface area contributed by atoms with Crippen LogP contribution in [0.15, 0.2) is 0 Å². The Morgan fingerprint density at radius 1 is 1.67 bits per heavy atom. The summed E-state index contributed by atoms with van der Waals surface area (Å²) in [6.07, 6.45) is 6.27. The van der Waals surface area contributed by atoms with E-state index in [-0.39, 0.29) is 0 Å². The summed E-state index contributed by atoms with van der Waals surface area (Å²) in [5.41, 5.74) is 0. The minimum atomic E-state index is 0.580. The Morgan fingerprint density at radius 2 is 2.58 bits per heavy atom. The molecule has 1 saturated heterocycles. The van der Waals surface area contributed by atoms with Crippen LogP contribution in [0.3, 0.4) is 0 Å². The summed E-state index contributed by atoms with van der Waals surface area (Å²) >= 11 is 1.80. The van der Waals surface area contributed by atoms with Crippen LogP contribution in [0.1, 0.15) is 6.42 Å². The average Bonchev–Trinajstić information content (AvgIpc) is 2.57. The van der Waals surface area contributed by atoms with Gasteiger partial charge in [-0.2, -0.15) is 0 Å². The van der Waals surface area contributed by atoms with Crippen LogP contribution in [-0.4, -0.2) is 37.3 Å². The maximum absolute atomic E-state index is 5.23. The van der Waals surface area contributed by atoms with E-state index in [0.717, 1.165) is 37.7 Å². The summed E-state index contributed by atoms with van der Waals surface area (Å²) in [5.74, 6) is 4.53. The van der Waals surface area contributed by atoms with E-state index in [1.165, 1.54) is 0 Å². The molecule has 1 heterocycles. The van der Waals surface area contributed by atoms with E-state index >= 15 is 0 Å². The van der Waals surface area contributed by atoms with E-state index in [0.29, 0.717) is 6.04 Å². The third-order valence-electron chi connectivity index (χ3n) is 1.79. The second-order valence-electron chi connectivity index (χ2n) is 2.77. The van der Waals surface area contributed by atoms with Crippen LogP contribution < -0.4 is 5.32 Å². The molecule has 1 N–H and O–H groups in total. The molecule has 0 aliphatic carbocycles. The zero-order chi connectivity index (χ0) is 8.65. The van der Waals surface area contributed by atoms with Gasteiger partial charge in [0.2, 0.25) is 0 Å². The molecule has 1 aliphatic heterocycles. The molecule has 0 saturated carbocycles. The largest absolute Gasteiger partial charge is 0.380 e. The van der Waals surface area contributed by atoms with Gasteiger partial charge in [-0.1, -0.05) is 5.92 Å². The molecule has 12 heavy (non-hydrogen) atoms. The summed E-state index contributed by atoms with van der Waals surface area (Å²) < 4.78 is 5.23. The minimum Gasteiger partial charge on any atom is -0.380 e. The van der Waals surface area contributed by atoms with Gasteiger partial charge in [-0.3, -0.25) is 0 Å². The molecule has 1 fully saturated rings. The van der Waals surface area contributed by atoms with Crippen LogP contribution in [0.25, 0.3) is 0 Å². The lowest BCUT2D eigenvalue weighted by Crippen LogP contribution is -2.31. The van der Waals surface area contributed by atoms with Gasteiger partial charge in [0, 0.05) is 24.9 Å². The molecular formula is C9H15NOS. The first-order valence-corrected chi connectivity index (χ1v) is 5.41. The molecule has 0 aromatic heterocycles. The molecule has 1 rings (SSSR count). The molecule has 1 unspecified atom stereocenters. The second kappa shape index (κ2) is 6.36. The summed E-state index contributed by atoms with van der Waals surface area (Å²) in [5, 5.41) is 3.43. The highest BCUT2D eigenvalue weighted by Crippen LogP contribution is 2.03. The third-order valence-corrected chi connectivity index (χ3v) is 2.66. The Kier molecular flexibility index (Phi) is 5.25. The normalized spacial score (nSPS) is 22.4. The van der Waals surface area contributed by atoms with Crippen LogP contribution in [0, 0.1) is 12.3 Å². The number of hydrogen-bond donors (Lipinski definition) is 1. The molecule has 0 aromatic rings. The van der Waals surface area contributed by atoms with Gasteiger partial charge in [0.25, 0.3) is 0 Å². The number of terminal acetylenes is 1. The topological polar surface area (TPSA) is 21.3 Å². The molecule has 0 spiro atoms. The fourth-order valence-corrected chi connectivity index (χ4v) is 1.69. The number of nitrogens with one attached hydrogen (secondary N) is 1. The van der Waals surface area contributed by atoms with Crippen molar-refractivity contribution in [2.24, 2.45) is 0 Å². The maximum atomic E-state index is 5.23. The Balaban J connectivity index is 1.85. The molecule has 1 atom stereocenters. The van der Waals surface area contributed by atoms with E-state index in [1.807, 2.05) is 0 Å². The summed E-state index contributed by atoms with van der Waals surface area (Å²) in [7, 11) is 0. The van der Waals surface area contributed by atoms with Gasteiger partial charge in [-0.15, -0.1) is 18.2 Å². The van der Waals surface area contributed by atoms with Crippen molar-refractivity contribution >= 4 is 11.8 Å². The first-order chi connectivity index (χ1) is 5.93. The highest BCUT2D eigenvalue weighted by atomic mass is 32.2. The molecule has 0 bridgehead atoms. The summed E-state index contributed by atoms with van der Waals surface area (Å²) in [4.78, 5) is 0. The van der Waals surface area contributed by atoms with Crippen LogP contribution in [0.4, 0.5) is 0 Å². The average molecular weight is 185 g/mol. The highest BCUT2D eigenvalue weighted by Gasteiger charge is 2.13. The number of rotatable bonds is 5. The second-order valence-corrected chi connectivity index (χ2v) is 3.88. The third kappa shape index (κ3) is 4.01. The van der Waals surface area contributed by atoms with Crippen LogP contribution >= 0.6 is 11.8 Å². The van der Waals surface area contributed by atoms with E-state index in [4.69, 9.17) is 11.2 Å². The quantitative estimate of drug-likeness (QED) is 0.504. The SMILES string of the molecule is C#CCSCCNC1CCOC1. The van der Waals surface area contributed by atoms with Gasteiger partial charge in [0.15, 0.2) is 0 Å². The number of thioether (sulfide) groups is 1.